The second-order valence-corrected chi connectivity index (χ2v) is 6.57. The van der Waals surface area contributed by atoms with E-state index in [-0.39, 0.29) is 5.91 Å². The van der Waals surface area contributed by atoms with E-state index in [1.54, 1.807) is 0 Å². The molecule has 2 fully saturated rings. The second-order valence-electron chi connectivity index (χ2n) is 6.57. The van der Waals surface area contributed by atoms with Crippen LogP contribution in [0.2, 0.25) is 0 Å². The number of piperidine rings is 1. The molecule has 22 heavy (non-hydrogen) atoms. The van der Waals surface area contributed by atoms with E-state index in [0.29, 0.717) is 30.8 Å². The van der Waals surface area contributed by atoms with Gasteiger partial charge in [0.2, 0.25) is 0 Å². The summed E-state index contributed by atoms with van der Waals surface area (Å²) in [4.78, 5) is 12.6. The number of benzene rings is 1. The number of hydrogen-bond acceptors (Lipinski definition) is 4. The Morgan fingerprint density at radius 2 is 2.32 bits per heavy atom. The van der Waals surface area contributed by atoms with Crippen molar-refractivity contribution in [1.29, 1.82) is 0 Å². The smallest absolute Gasteiger partial charge is 0.255 e. The van der Waals surface area contributed by atoms with Crippen LogP contribution in [-0.2, 0) is 6.54 Å². The van der Waals surface area contributed by atoms with Crippen molar-refractivity contribution in [3.8, 4) is 5.75 Å². The zero-order valence-electron chi connectivity index (χ0n) is 12.7. The summed E-state index contributed by atoms with van der Waals surface area (Å²) < 4.78 is 5.78. The zero-order chi connectivity index (χ0) is 14.9. The summed E-state index contributed by atoms with van der Waals surface area (Å²) in [7, 11) is 0. The first kappa shape index (κ1) is 14.0. The number of fused-ring (bicyclic) bond motifs is 3. The lowest BCUT2D eigenvalue weighted by molar-refractivity contribution is 0.0943. The first-order valence-corrected chi connectivity index (χ1v) is 8.31. The Hall–Kier alpha value is -1.59. The fourth-order valence-corrected chi connectivity index (χ4v) is 4.02. The number of amides is 1. The van der Waals surface area contributed by atoms with Gasteiger partial charge in [-0.25, -0.2) is 0 Å². The van der Waals surface area contributed by atoms with Crippen molar-refractivity contribution in [3.05, 3.63) is 29.3 Å². The van der Waals surface area contributed by atoms with Gasteiger partial charge in [0, 0.05) is 37.3 Å². The predicted octanol–water partition coefficient (Wildman–Crippen LogP) is 1.04. The van der Waals surface area contributed by atoms with E-state index in [1.165, 1.54) is 19.3 Å². The lowest BCUT2D eigenvalue weighted by Crippen LogP contribution is -2.44. The van der Waals surface area contributed by atoms with Gasteiger partial charge in [0.15, 0.2) is 0 Å². The summed E-state index contributed by atoms with van der Waals surface area (Å²) in [5, 5.41) is 10.0. The molecule has 118 valence electrons. The van der Waals surface area contributed by atoms with Gasteiger partial charge in [0.05, 0.1) is 5.56 Å². The van der Waals surface area contributed by atoms with Gasteiger partial charge < -0.3 is 20.7 Å². The van der Waals surface area contributed by atoms with Crippen molar-refractivity contribution < 1.29 is 9.53 Å². The van der Waals surface area contributed by atoms with Crippen LogP contribution in [-0.4, -0.2) is 37.7 Å². The van der Waals surface area contributed by atoms with Crippen molar-refractivity contribution in [2.75, 3.05) is 19.7 Å². The molecule has 0 unspecified atom stereocenters. The van der Waals surface area contributed by atoms with Gasteiger partial charge in [0.1, 0.15) is 12.4 Å². The molecule has 1 saturated carbocycles. The van der Waals surface area contributed by atoms with Crippen LogP contribution in [0.1, 0.15) is 35.2 Å². The molecule has 2 heterocycles. The zero-order valence-corrected chi connectivity index (χ0v) is 12.7. The molecule has 0 aromatic heterocycles. The Kier molecular flexibility index (Phi) is 3.76. The molecular weight excluding hydrogens is 278 g/mol. The van der Waals surface area contributed by atoms with Crippen molar-refractivity contribution in [2.45, 2.75) is 37.9 Å². The Labute approximate surface area is 130 Å². The highest BCUT2D eigenvalue weighted by atomic mass is 16.5. The molecule has 3 atom stereocenters. The number of para-hydroxylation sites is 1. The van der Waals surface area contributed by atoms with E-state index in [1.807, 2.05) is 18.2 Å². The Morgan fingerprint density at radius 3 is 3.14 bits per heavy atom. The van der Waals surface area contributed by atoms with Gasteiger partial charge in [-0.2, -0.15) is 0 Å². The lowest BCUT2D eigenvalue weighted by atomic mass is 10.00. The molecule has 3 aliphatic rings. The van der Waals surface area contributed by atoms with Gasteiger partial charge in [-0.05, 0) is 31.2 Å². The normalized spacial score (nSPS) is 29.5. The number of hydrogen-bond donors (Lipinski definition) is 3. The highest BCUT2D eigenvalue weighted by Gasteiger charge is 2.38. The molecule has 3 N–H and O–H groups in total. The summed E-state index contributed by atoms with van der Waals surface area (Å²) >= 11 is 0. The van der Waals surface area contributed by atoms with Gasteiger partial charge in [-0.1, -0.05) is 12.1 Å². The predicted molar refractivity (Wildman–Crippen MR) is 84.0 cm³/mol. The maximum atomic E-state index is 12.6. The SMILES string of the molecule is O=C(NC[C@H]1N[C@@H]2CC[C@H]1C2)c1cccc2c1OCCNC2. The Morgan fingerprint density at radius 1 is 1.36 bits per heavy atom. The van der Waals surface area contributed by atoms with Crippen LogP contribution in [0.15, 0.2) is 18.2 Å². The topological polar surface area (TPSA) is 62.4 Å². The maximum Gasteiger partial charge on any atom is 0.255 e. The minimum absolute atomic E-state index is 0.0247. The van der Waals surface area contributed by atoms with Crippen LogP contribution < -0.4 is 20.7 Å². The number of carbonyl (C=O) groups excluding carboxylic acids is 1. The molecule has 1 saturated heterocycles. The largest absolute Gasteiger partial charge is 0.491 e. The van der Waals surface area contributed by atoms with E-state index < -0.39 is 0 Å². The summed E-state index contributed by atoms with van der Waals surface area (Å²) in [5.74, 6) is 1.45. The quantitative estimate of drug-likeness (QED) is 0.780. The van der Waals surface area contributed by atoms with Crippen LogP contribution in [0.4, 0.5) is 0 Å². The molecule has 5 nitrogen and oxygen atoms in total. The standard InChI is InChI=1S/C17H23N3O2/c21-17(19-10-15-11-4-5-13(8-11)20-15)14-3-1-2-12-9-18-6-7-22-16(12)14/h1-3,11,13,15,18,20H,4-10H2,(H,19,21)/t11-,13+,15+/m0/s1. The van der Waals surface area contributed by atoms with Crippen LogP contribution in [0, 0.1) is 5.92 Å². The fourth-order valence-electron chi connectivity index (χ4n) is 4.02. The molecule has 4 rings (SSSR count). The van der Waals surface area contributed by atoms with Crippen molar-refractivity contribution in [3.63, 3.8) is 0 Å². The summed E-state index contributed by atoms with van der Waals surface area (Å²) in [6, 6.07) is 6.91. The third-order valence-electron chi connectivity index (χ3n) is 5.16. The van der Waals surface area contributed by atoms with E-state index in [4.69, 9.17) is 4.74 Å². The van der Waals surface area contributed by atoms with E-state index in [9.17, 15) is 4.79 Å². The van der Waals surface area contributed by atoms with Crippen molar-refractivity contribution >= 4 is 5.91 Å². The summed E-state index contributed by atoms with van der Waals surface area (Å²) in [6.45, 7) is 2.88. The Balaban J connectivity index is 1.44. The highest BCUT2D eigenvalue weighted by molar-refractivity contribution is 5.97. The summed E-state index contributed by atoms with van der Waals surface area (Å²) in [6.07, 6.45) is 3.87. The Bertz CT molecular complexity index is 575. The van der Waals surface area contributed by atoms with E-state index in [2.05, 4.69) is 16.0 Å². The lowest BCUT2D eigenvalue weighted by Gasteiger charge is -2.23. The average Bonchev–Trinajstić information content (AvgIpc) is 3.07. The molecule has 1 amide bonds. The molecule has 1 aromatic rings. The van der Waals surface area contributed by atoms with Crippen molar-refractivity contribution in [1.82, 2.24) is 16.0 Å². The monoisotopic (exact) mass is 301 g/mol. The molecule has 5 heteroatoms. The highest BCUT2D eigenvalue weighted by Crippen LogP contribution is 2.35. The minimum atomic E-state index is -0.0247. The van der Waals surface area contributed by atoms with E-state index >= 15 is 0 Å². The van der Waals surface area contributed by atoms with Gasteiger partial charge in [-0.3, -0.25) is 4.79 Å². The molecule has 2 aliphatic heterocycles. The molecule has 0 spiro atoms. The van der Waals surface area contributed by atoms with Gasteiger partial charge in [0.25, 0.3) is 5.91 Å². The van der Waals surface area contributed by atoms with Crippen LogP contribution in [0.5, 0.6) is 5.75 Å². The van der Waals surface area contributed by atoms with Gasteiger partial charge in [-0.15, -0.1) is 0 Å². The number of rotatable bonds is 3. The molecule has 1 aromatic carbocycles. The maximum absolute atomic E-state index is 12.6. The second kappa shape index (κ2) is 5.89. The van der Waals surface area contributed by atoms with Crippen LogP contribution >= 0.6 is 0 Å². The van der Waals surface area contributed by atoms with Crippen LogP contribution in [0.3, 0.4) is 0 Å². The molecular formula is C17H23N3O2. The van der Waals surface area contributed by atoms with Crippen LogP contribution in [0.25, 0.3) is 0 Å². The number of carbonyl (C=O) groups is 1. The average molecular weight is 301 g/mol. The third kappa shape index (κ3) is 2.59. The first-order valence-electron chi connectivity index (χ1n) is 8.31. The molecule has 2 bridgehead atoms. The fraction of sp³-hybridized carbons (Fsp3) is 0.588. The number of ether oxygens (including phenoxy) is 1. The first-order chi connectivity index (χ1) is 10.8. The summed E-state index contributed by atoms with van der Waals surface area (Å²) in [5.41, 5.74) is 1.72. The third-order valence-corrected chi connectivity index (χ3v) is 5.16. The molecule has 0 radical (unpaired) electrons. The minimum Gasteiger partial charge on any atom is -0.491 e. The van der Waals surface area contributed by atoms with Crippen molar-refractivity contribution in [2.24, 2.45) is 5.92 Å². The van der Waals surface area contributed by atoms with Gasteiger partial charge >= 0.3 is 0 Å². The number of nitrogens with one attached hydrogen (secondary N) is 3. The van der Waals surface area contributed by atoms with E-state index in [0.717, 1.165) is 30.3 Å². The molecule has 1 aliphatic carbocycles.